The Bertz CT molecular complexity index is 630. The van der Waals surface area contributed by atoms with E-state index in [-0.39, 0.29) is 17.3 Å². The minimum absolute atomic E-state index is 0.198. The molecule has 1 heterocycles. The fraction of sp³-hybridized carbons (Fsp3) is 0.286. The third-order valence-corrected chi connectivity index (χ3v) is 3.60. The molecule has 0 aliphatic carbocycles. The fourth-order valence-corrected chi connectivity index (χ4v) is 2.23. The van der Waals surface area contributed by atoms with Gasteiger partial charge in [0, 0.05) is 24.6 Å². The lowest BCUT2D eigenvalue weighted by molar-refractivity contribution is -0.147. The topological polar surface area (TPSA) is 92.5 Å². The summed E-state index contributed by atoms with van der Waals surface area (Å²) in [5.74, 6) is -1.03. The van der Waals surface area contributed by atoms with E-state index in [9.17, 15) is 14.4 Å². The van der Waals surface area contributed by atoms with Gasteiger partial charge >= 0.3 is 0 Å². The van der Waals surface area contributed by atoms with E-state index in [1.165, 1.54) is 7.05 Å². The summed E-state index contributed by atoms with van der Waals surface area (Å²) in [6.45, 7) is 0. The summed E-state index contributed by atoms with van der Waals surface area (Å²) in [4.78, 5) is 36.7. The summed E-state index contributed by atoms with van der Waals surface area (Å²) in [7, 11) is 1.41. The van der Waals surface area contributed by atoms with E-state index < -0.39 is 17.9 Å². The maximum absolute atomic E-state index is 12.2. The molecule has 110 valence electrons. The molecule has 3 amide bonds. The second-order valence-electron chi connectivity index (χ2n) is 4.80. The van der Waals surface area contributed by atoms with Gasteiger partial charge in [-0.3, -0.25) is 19.3 Å². The van der Waals surface area contributed by atoms with E-state index in [1.807, 2.05) is 0 Å². The molecule has 1 aliphatic heterocycles. The molecule has 3 N–H and O–H groups in total. The molecule has 7 heteroatoms. The summed E-state index contributed by atoms with van der Waals surface area (Å²) >= 11 is 4.86. The van der Waals surface area contributed by atoms with E-state index in [0.717, 1.165) is 4.90 Å². The van der Waals surface area contributed by atoms with Gasteiger partial charge in [0.25, 0.3) is 11.8 Å². The van der Waals surface area contributed by atoms with Crippen LogP contribution in [0.5, 0.6) is 0 Å². The monoisotopic (exact) mass is 305 g/mol. The largest absolute Gasteiger partial charge is 0.389 e. The van der Waals surface area contributed by atoms with Crippen molar-refractivity contribution < 1.29 is 14.4 Å². The van der Waals surface area contributed by atoms with Crippen LogP contribution < -0.4 is 11.1 Å². The Morgan fingerprint density at radius 2 is 2.05 bits per heavy atom. The van der Waals surface area contributed by atoms with Crippen LogP contribution in [0.3, 0.4) is 0 Å². The molecule has 0 saturated carbocycles. The van der Waals surface area contributed by atoms with Crippen LogP contribution in [0.15, 0.2) is 24.3 Å². The van der Waals surface area contributed by atoms with Crippen LogP contribution in [0.1, 0.15) is 28.8 Å². The number of imide groups is 1. The van der Waals surface area contributed by atoms with Gasteiger partial charge in [0.1, 0.15) is 11.0 Å². The Hall–Kier alpha value is -2.28. The lowest BCUT2D eigenvalue weighted by Crippen LogP contribution is -2.52. The molecule has 21 heavy (non-hydrogen) atoms. The second kappa shape index (κ2) is 6.01. The summed E-state index contributed by atoms with van der Waals surface area (Å²) in [6, 6.07) is 5.87. The van der Waals surface area contributed by atoms with E-state index in [0.29, 0.717) is 17.5 Å². The number of benzene rings is 1. The van der Waals surface area contributed by atoms with E-state index in [1.54, 1.807) is 24.3 Å². The number of piperidine rings is 1. The van der Waals surface area contributed by atoms with Gasteiger partial charge < -0.3 is 11.1 Å². The Labute approximate surface area is 127 Å². The molecule has 1 fully saturated rings. The summed E-state index contributed by atoms with van der Waals surface area (Å²) in [5.41, 5.74) is 6.48. The molecular formula is C14H15N3O3S. The summed E-state index contributed by atoms with van der Waals surface area (Å²) in [6.07, 6.45) is 0.544. The number of thiocarbonyl (C=S) groups is 1. The Morgan fingerprint density at radius 1 is 1.38 bits per heavy atom. The van der Waals surface area contributed by atoms with Crippen molar-refractivity contribution in [2.75, 3.05) is 7.05 Å². The highest BCUT2D eigenvalue weighted by Gasteiger charge is 2.32. The van der Waals surface area contributed by atoms with Crippen molar-refractivity contribution in [3.63, 3.8) is 0 Å². The molecule has 0 radical (unpaired) electrons. The molecule has 0 aromatic heterocycles. The molecule has 1 atom stereocenters. The van der Waals surface area contributed by atoms with Gasteiger partial charge in [-0.1, -0.05) is 24.4 Å². The minimum Gasteiger partial charge on any atom is -0.389 e. The molecule has 1 unspecified atom stereocenters. The highest BCUT2D eigenvalue weighted by molar-refractivity contribution is 7.80. The lowest BCUT2D eigenvalue weighted by atomic mass is 10.0. The van der Waals surface area contributed by atoms with Crippen LogP contribution in [0.25, 0.3) is 0 Å². The number of likely N-dealkylation sites (N-methyl/N-ethyl adjacent to an activating group) is 1. The first kappa shape index (κ1) is 15.1. The molecule has 1 aliphatic rings. The average molecular weight is 305 g/mol. The third-order valence-electron chi connectivity index (χ3n) is 3.36. The Morgan fingerprint density at radius 3 is 2.71 bits per heavy atom. The predicted octanol–water partition coefficient (Wildman–Crippen LogP) is 0.198. The minimum atomic E-state index is -0.686. The first-order valence-electron chi connectivity index (χ1n) is 6.41. The number of hydrogen-bond acceptors (Lipinski definition) is 4. The smallest absolute Gasteiger partial charge is 0.251 e. The maximum atomic E-state index is 12.2. The number of amides is 3. The van der Waals surface area contributed by atoms with E-state index in [4.69, 9.17) is 18.0 Å². The van der Waals surface area contributed by atoms with Crippen LogP contribution in [-0.2, 0) is 9.59 Å². The Kier molecular flexibility index (Phi) is 4.32. The lowest BCUT2D eigenvalue weighted by Gasteiger charge is -2.28. The van der Waals surface area contributed by atoms with Crippen LogP contribution in [0.2, 0.25) is 0 Å². The quantitative estimate of drug-likeness (QED) is 0.615. The van der Waals surface area contributed by atoms with Gasteiger partial charge in [-0.25, -0.2) is 0 Å². The zero-order valence-corrected chi connectivity index (χ0v) is 12.3. The number of nitrogens with one attached hydrogen (secondary N) is 1. The van der Waals surface area contributed by atoms with Gasteiger partial charge in [0.15, 0.2) is 0 Å². The van der Waals surface area contributed by atoms with Gasteiger partial charge in [0.05, 0.1) is 0 Å². The molecule has 0 bridgehead atoms. The van der Waals surface area contributed by atoms with Gasteiger partial charge in [-0.05, 0) is 18.6 Å². The van der Waals surface area contributed by atoms with E-state index >= 15 is 0 Å². The van der Waals surface area contributed by atoms with Crippen molar-refractivity contribution in [3.05, 3.63) is 35.4 Å². The highest BCUT2D eigenvalue weighted by atomic mass is 32.1. The zero-order valence-electron chi connectivity index (χ0n) is 11.5. The number of hydrogen-bond donors (Lipinski definition) is 2. The molecule has 1 saturated heterocycles. The number of nitrogens with zero attached hydrogens (tertiary/aromatic N) is 1. The first-order chi connectivity index (χ1) is 9.90. The molecular weight excluding hydrogens is 290 g/mol. The highest BCUT2D eigenvalue weighted by Crippen LogP contribution is 2.13. The molecule has 1 aromatic carbocycles. The average Bonchev–Trinajstić information content (AvgIpc) is 2.48. The van der Waals surface area contributed by atoms with E-state index in [2.05, 4.69) is 5.32 Å². The maximum Gasteiger partial charge on any atom is 0.251 e. The van der Waals surface area contributed by atoms with Gasteiger partial charge in [-0.15, -0.1) is 0 Å². The number of likely N-dealkylation sites (tertiary alicyclic amines) is 1. The molecule has 1 aromatic rings. The first-order valence-corrected chi connectivity index (χ1v) is 6.82. The van der Waals surface area contributed by atoms with Crippen molar-refractivity contribution in [1.29, 1.82) is 0 Å². The number of carbonyl (C=O) groups excluding carboxylic acids is 3. The number of carbonyl (C=O) groups is 3. The standard InChI is InChI=1S/C14H15N3O3S/c1-17-11(18)6-5-10(14(17)20)16-13(19)9-4-2-3-8(7-9)12(15)21/h2-4,7,10H,5-6H2,1H3,(H2,15,21)(H,16,19). The second-order valence-corrected chi connectivity index (χ2v) is 5.24. The van der Waals surface area contributed by atoms with Crippen molar-refractivity contribution in [3.8, 4) is 0 Å². The fourth-order valence-electron chi connectivity index (χ4n) is 2.10. The summed E-state index contributed by atoms with van der Waals surface area (Å²) in [5, 5.41) is 2.64. The number of nitrogens with two attached hydrogens (primary N) is 1. The van der Waals surface area contributed by atoms with Crippen molar-refractivity contribution in [2.24, 2.45) is 5.73 Å². The molecule has 0 spiro atoms. The normalized spacial score (nSPS) is 18.5. The van der Waals surface area contributed by atoms with Crippen LogP contribution in [0, 0.1) is 0 Å². The SMILES string of the molecule is CN1C(=O)CCC(NC(=O)c2cccc(C(N)=S)c2)C1=O. The predicted molar refractivity (Wildman–Crippen MR) is 80.6 cm³/mol. The molecule has 2 rings (SSSR count). The van der Waals surface area contributed by atoms with Crippen molar-refractivity contribution in [1.82, 2.24) is 10.2 Å². The zero-order chi connectivity index (χ0) is 15.6. The van der Waals surface area contributed by atoms with Crippen LogP contribution in [0.4, 0.5) is 0 Å². The van der Waals surface area contributed by atoms with Gasteiger partial charge in [0.2, 0.25) is 5.91 Å². The Balaban J connectivity index is 2.11. The van der Waals surface area contributed by atoms with Gasteiger partial charge in [-0.2, -0.15) is 0 Å². The van der Waals surface area contributed by atoms with Crippen LogP contribution in [-0.4, -0.2) is 40.7 Å². The summed E-state index contributed by atoms with van der Waals surface area (Å²) < 4.78 is 0. The van der Waals surface area contributed by atoms with Crippen molar-refractivity contribution in [2.45, 2.75) is 18.9 Å². The van der Waals surface area contributed by atoms with Crippen LogP contribution >= 0.6 is 12.2 Å². The van der Waals surface area contributed by atoms with Crippen molar-refractivity contribution >= 4 is 34.9 Å². The third kappa shape index (κ3) is 3.25. The molecule has 6 nitrogen and oxygen atoms in total. The number of rotatable bonds is 3.